The van der Waals surface area contributed by atoms with Gasteiger partial charge < -0.3 is 4.74 Å². The van der Waals surface area contributed by atoms with E-state index < -0.39 is 23.8 Å². The van der Waals surface area contributed by atoms with E-state index in [2.05, 4.69) is 4.99 Å². The smallest absolute Gasteiger partial charge is 0.271 e. The normalized spacial score (nSPS) is 20.1. The van der Waals surface area contributed by atoms with Crippen LogP contribution in [-0.4, -0.2) is 41.7 Å². The molecule has 2 aliphatic rings. The molecular formula is C16H18N2O4. The number of hydrogen-bond donors (Lipinski definition) is 0. The fraction of sp³-hybridized carbons (Fsp3) is 0.375. The molecule has 6 heteroatoms. The van der Waals surface area contributed by atoms with Crippen molar-refractivity contribution in [3.05, 3.63) is 35.4 Å². The number of benzene rings is 1. The van der Waals surface area contributed by atoms with Crippen molar-refractivity contribution in [2.45, 2.75) is 32.7 Å². The SMILES string of the molecule is CC.COC1=NC(=O)C(N2C(=O)c3ccccc3C2=O)CC1. The number of ether oxygens (including phenoxy) is 1. The van der Waals surface area contributed by atoms with Crippen LogP contribution < -0.4 is 0 Å². The van der Waals surface area contributed by atoms with Gasteiger partial charge in [-0.2, -0.15) is 4.99 Å². The summed E-state index contributed by atoms with van der Waals surface area (Å²) in [4.78, 5) is 41.3. The Morgan fingerprint density at radius 3 is 2.09 bits per heavy atom. The molecule has 6 nitrogen and oxygen atoms in total. The van der Waals surface area contributed by atoms with Crippen LogP contribution >= 0.6 is 0 Å². The molecule has 0 spiro atoms. The Kier molecular flexibility index (Phi) is 4.70. The number of methoxy groups -OCH3 is 1. The summed E-state index contributed by atoms with van der Waals surface area (Å²) in [6.07, 6.45) is 0.775. The summed E-state index contributed by atoms with van der Waals surface area (Å²) in [6, 6.07) is 5.73. The summed E-state index contributed by atoms with van der Waals surface area (Å²) in [7, 11) is 1.44. The van der Waals surface area contributed by atoms with E-state index >= 15 is 0 Å². The average Bonchev–Trinajstić information content (AvgIpc) is 2.81. The lowest BCUT2D eigenvalue weighted by molar-refractivity contribution is -0.122. The molecule has 0 aliphatic carbocycles. The number of amides is 3. The van der Waals surface area contributed by atoms with Crippen molar-refractivity contribution in [1.29, 1.82) is 0 Å². The molecule has 1 aromatic rings. The van der Waals surface area contributed by atoms with Gasteiger partial charge in [0.05, 0.1) is 18.2 Å². The van der Waals surface area contributed by atoms with Gasteiger partial charge in [-0.1, -0.05) is 26.0 Å². The summed E-state index contributed by atoms with van der Waals surface area (Å²) in [5.41, 5.74) is 0.679. The average molecular weight is 302 g/mol. The van der Waals surface area contributed by atoms with Gasteiger partial charge in [-0.25, -0.2) is 0 Å². The highest BCUT2D eigenvalue weighted by atomic mass is 16.5. The van der Waals surface area contributed by atoms with E-state index in [1.54, 1.807) is 24.3 Å². The van der Waals surface area contributed by atoms with E-state index in [9.17, 15) is 14.4 Å². The third kappa shape index (κ3) is 2.52. The molecule has 2 heterocycles. The molecule has 22 heavy (non-hydrogen) atoms. The molecule has 0 aromatic heterocycles. The Balaban J connectivity index is 0.000000847. The summed E-state index contributed by atoms with van der Waals surface area (Å²) < 4.78 is 4.93. The van der Waals surface area contributed by atoms with Crippen LogP contribution in [-0.2, 0) is 9.53 Å². The maximum atomic E-state index is 12.3. The van der Waals surface area contributed by atoms with Gasteiger partial charge >= 0.3 is 0 Å². The zero-order valence-electron chi connectivity index (χ0n) is 12.8. The van der Waals surface area contributed by atoms with Crippen LogP contribution in [0.3, 0.4) is 0 Å². The Morgan fingerprint density at radius 2 is 1.64 bits per heavy atom. The summed E-state index contributed by atoms with van der Waals surface area (Å²) in [6.45, 7) is 4.00. The number of nitrogens with zero attached hydrogens (tertiary/aromatic N) is 2. The largest absolute Gasteiger partial charge is 0.484 e. The molecule has 0 radical (unpaired) electrons. The van der Waals surface area contributed by atoms with Crippen molar-refractivity contribution >= 4 is 23.6 Å². The van der Waals surface area contributed by atoms with Gasteiger partial charge in [0, 0.05) is 6.42 Å². The minimum atomic E-state index is -0.832. The highest BCUT2D eigenvalue weighted by Gasteiger charge is 2.43. The predicted molar refractivity (Wildman–Crippen MR) is 80.8 cm³/mol. The summed E-state index contributed by atoms with van der Waals surface area (Å²) in [5.74, 6) is -1.04. The third-order valence-corrected chi connectivity index (χ3v) is 3.52. The van der Waals surface area contributed by atoms with Crippen molar-refractivity contribution in [3.63, 3.8) is 0 Å². The standard InChI is InChI=1S/C14H12N2O4.C2H6/c1-20-11-7-6-10(12(17)15-11)16-13(18)8-4-2-3-5-9(8)14(16)19;1-2/h2-5,10H,6-7H2,1H3;1-2H3. The van der Waals surface area contributed by atoms with Crippen molar-refractivity contribution in [3.8, 4) is 0 Å². The zero-order valence-corrected chi connectivity index (χ0v) is 12.8. The van der Waals surface area contributed by atoms with Crippen molar-refractivity contribution in [1.82, 2.24) is 4.90 Å². The van der Waals surface area contributed by atoms with E-state index in [0.29, 0.717) is 29.9 Å². The molecule has 1 atom stereocenters. The van der Waals surface area contributed by atoms with Gasteiger partial charge in [-0.3, -0.25) is 19.3 Å². The molecule has 3 amide bonds. The molecular weight excluding hydrogens is 284 g/mol. The third-order valence-electron chi connectivity index (χ3n) is 3.52. The number of rotatable bonds is 1. The minimum Gasteiger partial charge on any atom is -0.484 e. The van der Waals surface area contributed by atoms with Crippen LogP contribution in [0.5, 0.6) is 0 Å². The molecule has 2 aliphatic heterocycles. The first-order chi connectivity index (χ1) is 10.6. The zero-order chi connectivity index (χ0) is 16.3. The fourth-order valence-corrected chi connectivity index (χ4v) is 2.52. The van der Waals surface area contributed by atoms with Crippen LogP contribution in [0, 0.1) is 0 Å². The topological polar surface area (TPSA) is 76.0 Å². The molecule has 0 bridgehead atoms. The van der Waals surface area contributed by atoms with Crippen LogP contribution in [0.25, 0.3) is 0 Å². The lowest BCUT2D eigenvalue weighted by Gasteiger charge is -2.26. The molecule has 0 saturated heterocycles. The number of carbonyl (C=O) groups excluding carboxylic acids is 3. The quantitative estimate of drug-likeness (QED) is 0.744. The monoisotopic (exact) mass is 302 g/mol. The summed E-state index contributed by atoms with van der Waals surface area (Å²) >= 11 is 0. The van der Waals surface area contributed by atoms with E-state index in [4.69, 9.17) is 4.74 Å². The second kappa shape index (κ2) is 6.51. The first-order valence-electron chi connectivity index (χ1n) is 7.26. The number of imide groups is 1. The Morgan fingerprint density at radius 1 is 1.09 bits per heavy atom. The molecule has 0 N–H and O–H groups in total. The predicted octanol–water partition coefficient (Wildman–Crippen LogP) is 2.04. The van der Waals surface area contributed by atoms with Crippen LogP contribution in [0.2, 0.25) is 0 Å². The molecule has 1 unspecified atom stereocenters. The van der Waals surface area contributed by atoms with Gasteiger partial charge in [0.2, 0.25) is 0 Å². The second-order valence-corrected chi connectivity index (χ2v) is 4.63. The molecule has 1 aromatic carbocycles. The van der Waals surface area contributed by atoms with Crippen molar-refractivity contribution in [2.24, 2.45) is 4.99 Å². The maximum absolute atomic E-state index is 12.3. The van der Waals surface area contributed by atoms with Gasteiger partial charge in [0.15, 0.2) is 5.90 Å². The molecule has 0 saturated carbocycles. The molecule has 0 fully saturated rings. The van der Waals surface area contributed by atoms with Crippen LogP contribution in [0.15, 0.2) is 29.3 Å². The summed E-state index contributed by atoms with van der Waals surface area (Å²) in [5, 5.41) is 0. The first kappa shape index (κ1) is 15.9. The number of fused-ring (bicyclic) bond motifs is 1. The van der Waals surface area contributed by atoms with Gasteiger partial charge in [-0.05, 0) is 18.6 Å². The van der Waals surface area contributed by atoms with E-state index in [1.165, 1.54) is 7.11 Å². The van der Waals surface area contributed by atoms with Gasteiger partial charge in [0.1, 0.15) is 6.04 Å². The van der Waals surface area contributed by atoms with E-state index in [1.807, 2.05) is 13.8 Å². The Hall–Kier alpha value is -2.50. The highest BCUT2D eigenvalue weighted by molar-refractivity contribution is 6.23. The van der Waals surface area contributed by atoms with Gasteiger partial charge in [0.25, 0.3) is 17.7 Å². The highest BCUT2D eigenvalue weighted by Crippen LogP contribution is 2.27. The number of aliphatic imine (C=N–C) groups is 1. The minimum absolute atomic E-state index is 0.336. The second-order valence-electron chi connectivity index (χ2n) is 4.63. The van der Waals surface area contributed by atoms with Gasteiger partial charge in [-0.15, -0.1) is 0 Å². The number of hydrogen-bond acceptors (Lipinski definition) is 4. The van der Waals surface area contributed by atoms with Crippen LogP contribution in [0.4, 0.5) is 0 Å². The van der Waals surface area contributed by atoms with E-state index in [-0.39, 0.29) is 0 Å². The maximum Gasteiger partial charge on any atom is 0.271 e. The lowest BCUT2D eigenvalue weighted by atomic mass is 10.1. The Labute approximate surface area is 128 Å². The fourth-order valence-electron chi connectivity index (χ4n) is 2.52. The Bertz CT molecular complexity index is 616. The molecule has 116 valence electrons. The van der Waals surface area contributed by atoms with E-state index in [0.717, 1.165) is 4.90 Å². The van der Waals surface area contributed by atoms with Crippen molar-refractivity contribution in [2.75, 3.05) is 7.11 Å². The molecule has 3 rings (SSSR count). The van der Waals surface area contributed by atoms with Crippen LogP contribution in [0.1, 0.15) is 47.4 Å². The number of carbonyl (C=O) groups is 3. The van der Waals surface area contributed by atoms with Crippen molar-refractivity contribution < 1.29 is 19.1 Å². The first-order valence-corrected chi connectivity index (χ1v) is 7.26. The lowest BCUT2D eigenvalue weighted by Crippen LogP contribution is -2.46.